The average Bonchev–Trinajstić information content (AvgIpc) is 2.94. The molecule has 2 saturated carbocycles. The molecular formula is C14H18BrFN2. The van der Waals surface area contributed by atoms with Gasteiger partial charge < -0.3 is 5.32 Å². The van der Waals surface area contributed by atoms with Gasteiger partial charge in [-0.2, -0.15) is 0 Å². The highest BCUT2D eigenvalue weighted by atomic mass is 79.9. The molecule has 1 aromatic rings. The summed E-state index contributed by atoms with van der Waals surface area (Å²) in [5.41, 5.74) is 0. The quantitative estimate of drug-likeness (QED) is 0.904. The molecule has 4 heteroatoms. The molecule has 2 bridgehead atoms. The SMILES string of the molecule is CC(Nc1ncc(Br)cc1F)C1CC2CCC1C2. The molecule has 0 spiro atoms. The number of rotatable bonds is 3. The Bertz CT molecular complexity index is 451. The molecule has 1 N–H and O–H groups in total. The molecule has 2 aliphatic rings. The van der Waals surface area contributed by atoms with Crippen LogP contribution in [0.5, 0.6) is 0 Å². The molecule has 2 fully saturated rings. The van der Waals surface area contributed by atoms with Crippen molar-refractivity contribution >= 4 is 21.7 Å². The molecule has 2 nitrogen and oxygen atoms in total. The van der Waals surface area contributed by atoms with E-state index in [1.807, 2.05) is 0 Å². The van der Waals surface area contributed by atoms with Crippen LogP contribution in [0.4, 0.5) is 10.2 Å². The van der Waals surface area contributed by atoms with E-state index in [0.717, 1.165) is 11.8 Å². The zero-order chi connectivity index (χ0) is 12.7. The van der Waals surface area contributed by atoms with E-state index in [9.17, 15) is 4.39 Å². The summed E-state index contributed by atoms with van der Waals surface area (Å²) >= 11 is 3.23. The fraction of sp³-hybridized carbons (Fsp3) is 0.643. The molecule has 98 valence electrons. The van der Waals surface area contributed by atoms with E-state index in [1.54, 1.807) is 6.20 Å². The lowest BCUT2D eigenvalue weighted by Crippen LogP contribution is -2.30. The number of fused-ring (bicyclic) bond motifs is 2. The van der Waals surface area contributed by atoms with Crippen molar-refractivity contribution in [3.63, 3.8) is 0 Å². The van der Waals surface area contributed by atoms with E-state index < -0.39 is 0 Å². The predicted octanol–water partition coefficient (Wildman–Crippen LogP) is 4.22. The van der Waals surface area contributed by atoms with Crippen LogP contribution in [0.1, 0.15) is 32.6 Å². The second kappa shape index (κ2) is 4.80. The van der Waals surface area contributed by atoms with Crippen LogP contribution < -0.4 is 5.32 Å². The first-order chi connectivity index (χ1) is 8.63. The Labute approximate surface area is 116 Å². The number of pyridine rings is 1. The van der Waals surface area contributed by atoms with Crippen molar-refractivity contribution in [1.29, 1.82) is 0 Å². The number of nitrogens with zero attached hydrogens (tertiary/aromatic N) is 1. The minimum Gasteiger partial charge on any atom is -0.365 e. The lowest BCUT2D eigenvalue weighted by atomic mass is 9.84. The topological polar surface area (TPSA) is 24.9 Å². The molecule has 0 amide bonds. The van der Waals surface area contributed by atoms with Gasteiger partial charge in [-0.25, -0.2) is 9.37 Å². The lowest BCUT2D eigenvalue weighted by molar-refractivity contribution is 0.303. The van der Waals surface area contributed by atoms with Gasteiger partial charge in [-0.05, 0) is 65.9 Å². The van der Waals surface area contributed by atoms with Gasteiger partial charge in [0.1, 0.15) is 0 Å². The van der Waals surface area contributed by atoms with Crippen molar-refractivity contribution in [3.05, 3.63) is 22.6 Å². The van der Waals surface area contributed by atoms with Gasteiger partial charge in [0.05, 0.1) is 0 Å². The van der Waals surface area contributed by atoms with Crippen molar-refractivity contribution in [3.8, 4) is 0 Å². The summed E-state index contributed by atoms with van der Waals surface area (Å²) in [5.74, 6) is 2.56. The third-order valence-electron chi connectivity index (χ3n) is 4.61. The third-order valence-corrected chi connectivity index (χ3v) is 5.04. The maximum Gasteiger partial charge on any atom is 0.166 e. The van der Waals surface area contributed by atoms with Crippen LogP contribution in [0.15, 0.2) is 16.7 Å². The molecule has 0 aromatic carbocycles. The number of anilines is 1. The molecule has 18 heavy (non-hydrogen) atoms. The monoisotopic (exact) mass is 312 g/mol. The Morgan fingerprint density at radius 3 is 2.89 bits per heavy atom. The standard InChI is InChI=1S/C14H18BrFN2/c1-8(12-5-9-2-3-10(12)4-9)18-14-13(16)6-11(15)7-17-14/h6-10,12H,2-5H2,1H3,(H,17,18). The minimum atomic E-state index is -0.278. The maximum atomic E-state index is 13.7. The van der Waals surface area contributed by atoms with Gasteiger partial charge in [-0.1, -0.05) is 6.42 Å². The first-order valence-corrected chi connectivity index (χ1v) is 7.50. The third kappa shape index (κ3) is 2.27. The lowest BCUT2D eigenvalue weighted by Gasteiger charge is -2.29. The van der Waals surface area contributed by atoms with Gasteiger partial charge in [0.25, 0.3) is 0 Å². The zero-order valence-corrected chi connectivity index (χ0v) is 12.1. The molecule has 4 unspecified atom stereocenters. The van der Waals surface area contributed by atoms with Gasteiger partial charge in [-0.3, -0.25) is 0 Å². The normalized spacial score (nSPS) is 31.6. The van der Waals surface area contributed by atoms with Crippen LogP contribution in [-0.4, -0.2) is 11.0 Å². The van der Waals surface area contributed by atoms with Crippen LogP contribution >= 0.6 is 15.9 Å². The molecule has 0 saturated heterocycles. The highest BCUT2D eigenvalue weighted by Gasteiger charge is 2.41. The van der Waals surface area contributed by atoms with Crippen LogP contribution in [-0.2, 0) is 0 Å². The summed E-state index contributed by atoms with van der Waals surface area (Å²) in [5, 5.41) is 3.26. The van der Waals surface area contributed by atoms with Crippen LogP contribution in [0.3, 0.4) is 0 Å². The van der Waals surface area contributed by atoms with E-state index in [-0.39, 0.29) is 5.82 Å². The van der Waals surface area contributed by atoms with Crippen molar-refractivity contribution in [2.45, 2.75) is 38.6 Å². The fourth-order valence-electron chi connectivity index (χ4n) is 3.75. The number of nitrogens with one attached hydrogen (secondary N) is 1. The van der Waals surface area contributed by atoms with Crippen LogP contribution in [0, 0.1) is 23.6 Å². The summed E-state index contributed by atoms with van der Waals surface area (Å²) in [6.07, 6.45) is 7.08. The van der Waals surface area contributed by atoms with Crippen LogP contribution in [0.2, 0.25) is 0 Å². The van der Waals surface area contributed by atoms with Crippen molar-refractivity contribution in [2.24, 2.45) is 17.8 Å². The first-order valence-electron chi connectivity index (χ1n) is 6.71. The molecule has 1 heterocycles. The van der Waals surface area contributed by atoms with E-state index >= 15 is 0 Å². The van der Waals surface area contributed by atoms with Crippen molar-refractivity contribution in [2.75, 3.05) is 5.32 Å². The van der Waals surface area contributed by atoms with Gasteiger partial charge in [0, 0.05) is 16.7 Å². The number of hydrogen-bond donors (Lipinski definition) is 1. The van der Waals surface area contributed by atoms with Crippen molar-refractivity contribution < 1.29 is 4.39 Å². The molecule has 0 aliphatic heterocycles. The van der Waals surface area contributed by atoms with E-state index in [1.165, 1.54) is 31.7 Å². The van der Waals surface area contributed by atoms with Gasteiger partial charge in [0.15, 0.2) is 11.6 Å². The van der Waals surface area contributed by atoms with Crippen LogP contribution in [0.25, 0.3) is 0 Å². The van der Waals surface area contributed by atoms with E-state index in [4.69, 9.17) is 0 Å². The Balaban J connectivity index is 1.69. The fourth-order valence-corrected chi connectivity index (χ4v) is 4.05. The minimum absolute atomic E-state index is 0.278. The molecule has 0 radical (unpaired) electrons. The summed E-state index contributed by atoms with van der Waals surface area (Å²) < 4.78 is 14.4. The highest BCUT2D eigenvalue weighted by molar-refractivity contribution is 9.10. The molecule has 1 aromatic heterocycles. The Morgan fingerprint density at radius 2 is 2.28 bits per heavy atom. The highest BCUT2D eigenvalue weighted by Crippen LogP contribution is 2.49. The van der Waals surface area contributed by atoms with E-state index in [0.29, 0.717) is 22.3 Å². The summed E-state index contributed by atoms with van der Waals surface area (Å²) in [4.78, 5) is 4.12. The van der Waals surface area contributed by atoms with Gasteiger partial charge in [-0.15, -0.1) is 0 Å². The largest absolute Gasteiger partial charge is 0.365 e. The zero-order valence-electron chi connectivity index (χ0n) is 10.5. The molecular weight excluding hydrogens is 295 g/mol. The predicted molar refractivity (Wildman–Crippen MR) is 73.9 cm³/mol. The Hall–Kier alpha value is -0.640. The maximum absolute atomic E-state index is 13.7. The first kappa shape index (κ1) is 12.4. The molecule has 4 atom stereocenters. The molecule has 2 aliphatic carbocycles. The second-order valence-corrected chi connectivity index (χ2v) is 6.67. The smallest absolute Gasteiger partial charge is 0.166 e. The van der Waals surface area contributed by atoms with Gasteiger partial charge in [0.2, 0.25) is 0 Å². The Kier molecular flexibility index (Phi) is 3.31. The molecule has 3 rings (SSSR count). The van der Waals surface area contributed by atoms with Gasteiger partial charge >= 0.3 is 0 Å². The van der Waals surface area contributed by atoms with Crippen molar-refractivity contribution in [1.82, 2.24) is 4.98 Å². The number of hydrogen-bond acceptors (Lipinski definition) is 2. The van der Waals surface area contributed by atoms with E-state index in [2.05, 4.69) is 33.2 Å². The average molecular weight is 313 g/mol. The summed E-state index contributed by atoms with van der Waals surface area (Å²) in [6, 6.07) is 1.77. The summed E-state index contributed by atoms with van der Waals surface area (Å²) in [6.45, 7) is 2.16. The number of aromatic nitrogens is 1. The Morgan fingerprint density at radius 1 is 1.44 bits per heavy atom. The second-order valence-electron chi connectivity index (χ2n) is 5.76. The number of halogens is 2. The summed E-state index contributed by atoms with van der Waals surface area (Å²) in [7, 11) is 0.